The van der Waals surface area contributed by atoms with Gasteiger partial charge in [-0.25, -0.2) is 9.78 Å². The Bertz CT molecular complexity index is 1170. The van der Waals surface area contributed by atoms with Crippen molar-refractivity contribution in [1.82, 2.24) is 4.98 Å². The van der Waals surface area contributed by atoms with Gasteiger partial charge in [0, 0.05) is 10.9 Å². The number of fused-ring (bicyclic) bond motifs is 1. The molecule has 0 saturated carbocycles. The van der Waals surface area contributed by atoms with Crippen LogP contribution in [-0.4, -0.2) is 74.5 Å². The topological polar surface area (TPSA) is 207 Å². The average Bonchev–Trinajstić information content (AvgIpc) is 3.46. The van der Waals surface area contributed by atoms with E-state index in [9.17, 15) is 29.4 Å². The third-order valence-corrected chi connectivity index (χ3v) is 7.09. The Morgan fingerprint density at radius 3 is 2.58 bits per heavy atom. The second-order valence-corrected chi connectivity index (χ2v) is 8.94. The van der Waals surface area contributed by atoms with Gasteiger partial charge in [-0.2, -0.15) is 9.81 Å². The molecule has 14 nitrogen and oxygen atoms in total. The lowest BCUT2D eigenvalue weighted by atomic mass is 9.95. The van der Waals surface area contributed by atoms with Gasteiger partial charge in [-0.1, -0.05) is 10.4 Å². The van der Waals surface area contributed by atoms with E-state index in [1.165, 1.54) is 29.2 Å². The zero-order valence-corrected chi connectivity index (χ0v) is 17.8. The molecule has 0 radical (unpaired) electrons. The third-order valence-electron chi connectivity index (χ3n) is 4.88. The predicted molar refractivity (Wildman–Crippen MR) is 115 cm³/mol. The van der Waals surface area contributed by atoms with Crippen LogP contribution in [-0.2, 0) is 14.3 Å². The lowest BCUT2D eigenvalue weighted by Gasteiger charge is -2.36. The SMILES string of the molecule is O=NC(=O)[C@H]1O[C@@H](Oc2ccc3nc(C4=NC(C(=O)O)CS4)sc3c2)C(N=O)C(N=O)[C@@H]1O. The molecule has 1 saturated heterocycles. The van der Waals surface area contributed by atoms with Crippen molar-refractivity contribution in [3.63, 3.8) is 0 Å². The standard InChI is InChI=1S/C17H13N5O9S2/c23-11-9(20-27)10(21-28)17(31-12(11)13(24)22-29)30-5-1-2-6-8(3-5)33-15(18-6)14-19-7(4-32-14)16(25)26/h1-3,7,9-12,17,23H,4H2,(H,25,26)/t7?,9?,10?,11-,12-,17+/m0/s1. The van der Waals surface area contributed by atoms with E-state index in [2.05, 4.69) is 25.5 Å². The summed E-state index contributed by atoms with van der Waals surface area (Å²) >= 11 is 2.50. The zero-order chi connectivity index (χ0) is 23.7. The van der Waals surface area contributed by atoms with Crippen LogP contribution < -0.4 is 4.74 Å². The van der Waals surface area contributed by atoms with Crippen LogP contribution in [0.15, 0.2) is 38.7 Å². The van der Waals surface area contributed by atoms with Crippen LogP contribution in [0, 0.1) is 14.7 Å². The Labute approximate surface area is 191 Å². The van der Waals surface area contributed by atoms with Crippen molar-refractivity contribution in [1.29, 1.82) is 0 Å². The first-order valence-corrected chi connectivity index (χ1v) is 11.0. The molecule has 3 unspecified atom stereocenters. The fourth-order valence-corrected chi connectivity index (χ4v) is 5.35. The van der Waals surface area contributed by atoms with Crippen molar-refractivity contribution in [2.75, 3.05) is 5.75 Å². The molecule has 16 heteroatoms. The van der Waals surface area contributed by atoms with E-state index in [4.69, 9.17) is 14.6 Å². The molecule has 2 aliphatic rings. The summed E-state index contributed by atoms with van der Waals surface area (Å²) in [6.07, 6.45) is -5.37. The average molecular weight is 495 g/mol. The van der Waals surface area contributed by atoms with Crippen LogP contribution in [0.2, 0.25) is 0 Å². The summed E-state index contributed by atoms with van der Waals surface area (Å²) in [5.74, 6) is -1.96. The summed E-state index contributed by atoms with van der Waals surface area (Å²) in [7, 11) is 0. The molecule has 1 aromatic heterocycles. The molecule has 3 heterocycles. The van der Waals surface area contributed by atoms with Crippen molar-refractivity contribution in [2.24, 2.45) is 20.5 Å². The zero-order valence-electron chi connectivity index (χ0n) is 16.2. The minimum atomic E-state index is -1.90. The maximum absolute atomic E-state index is 11.7. The molecule has 0 spiro atoms. The number of ether oxygens (including phenoxy) is 2. The molecule has 6 atom stereocenters. The molecule has 0 bridgehead atoms. The van der Waals surface area contributed by atoms with Crippen molar-refractivity contribution in [2.45, 2.75) is 36.6 Å². The van der Waals surface area contributed by atoms with Crippen LogP contribution in [0.25, 0.3) is 10.2 Å². The number of nitrogens with zero attached hydrogens (tertiary/aromatic N) is 5. The number of thioether (sulfide) groups is 1. The first-order valence-electron chi connectivity index (χ1n) is 9.23. The number of carboxylic acids is 1. The Hall–Kier alpha value is -3.21. The number of carbonyl (C=O) groups is 2. The van der Waals surface area contributed by atoms with E-state index >= 15 is 0 Å². The van der Waals surface area contributed by atoms with Gasteiger partial charge in [-0.15, -0.1) is 28.0 Å². The number of aromatic nitrogens is 1. The Kier molecular flexibility index (Phi) is 6.50. The highest BCUT2D eigenvalue weighted by Gasteiger charge is 2.52. The van der Waals surface area contributed by atoms with Crippen LogP contribution in [0.3, 0.4) is 0 Å². The van der Waals surface area contributed by atoms with Crippen molar-refractivity contribution in [3.05, 3.63) is 37.9 Å². The van der Waals surface area contributed by atoms with Gasteiger partial charge in [0.15, 0.2) is 24.2 Å². The predicted octanol–water partition coefficient (Wildman–Crippen LogP) is 1.27. The van der Waals surface area contributed by atoms with Gasteiger partial charge in [0.2, 0.25) is 6.29 Å². The van der Waals surface area contributed by atoms with E-state index in [0.29, 0.717) is 26.0 Å². The largest absolute Gasteiger partial charge is 0.480 e. The fourth-order valence-electron chi connectivity index (χ4n) is 3.26. The molecule has 1 fully saturated rings. The van der Waals surface area contributed by atoms with E-state index in [-0.39, 0.29) is 5.75 Å². The van der Waals surface area contributed by atoms with E-state index in [1.807, 2.05) is 0 Å². The number of nitroso groups, excluding NO2 is 3. The van der Waals surface area contributed by atoms with Gasteiger partial charge in [-0.05, 0) is 18.2 Å². The van der Waals surface area contributed by atoms with Gasteiger partial charge in [0.25, 0.3) is 0 Å². The maximum Gasteiger partial charge on any atom is 0.329 e. The molecule has 4 rings (SSSR count). The molecular formula is C17H13N5O9S2. The van der Waals surface area contributed by atoms with Crippen LogP contribution in [0.1, 0.15) is 5.01 Å². The highest BCUT2D eigenvalue weighted by atomic mass is 32.2. The molecule has 1 amide bonds. The molecule has 172 valence electrons. The molecule has 2 aromatic rings. The lowest BCUT2D eigenvalue weighted by Crippen LogP contribution is -2.59. The molecule has 0 aliphatic carbocycles. The Morgan fingerprint density at radius 1 is 1.18 bits per heavy atom. The minimum Gasteiger partial charge on any atom is -0.480 e. The van der Waals surface area contributed by atoms with Crippen LogP contribution >= 0.6 is 23.1 Å². The summed E-state index contributed by atoms with van der Waals surface area (Å²) < 4.78 is 11.5. The highest BCUT2D eigenvalue weighted by Crippen LogP contribution is 2.33. The third kappa shape index (κ3) is 4.37. The van der Waals surface area contributed by atoms with Gasteiger partial charge in [-0.3, -0.25) is 9.79 Å². The summed E-state index contributed by atoms with van der Waals surface area (Å²) in [4.78, 5) is 64.4. The molecular weight excluding hydrogens is 482 g/mol. The smallest absolute Gasteiger partial charge is 0.329 e. The monoisotopic (exact) mass is 495 g/mol. The van der Waals surface area contributed by atoms with E-state index in [1.54, 1.807) is 12.1 Å². The van der Waals surface area contributed by atoms with Crippen molar-refractivity contribution >= 4 is 50.2 Å². The second-order valence-electron chi connectivity index (χ2n) is 6.90. The molecule has 1 aromatic carbocycles. The van der Waals surface area contributed by atoms with Crippen LogP contribution in [0.5, 0.6) is 5.75 Å². The van der Waals surface area contributed by atoms with Crippen molar-refractivity contribution < 1.29 is 29.3 Å². The van der Waals surface area contributed by atoms with Gasteiger partial charge in [0.1, 0.15) is 21.9 Å². The first-order chi connectivity index (χ1) is 15.9. The number of aliphatic hydroxyl groups is 1. The number of thiazole rings is 1. The van der Waals surface area contributed by atoms with E-state index in [0.717, 1.165) is 0 Å². The van der Waals surface area contributed by atoms with Gasteiger partial charge < -0.3 is 19.7 Å². The number of aliphatic hydroxyl groups excluding tert-OH is 1. The number of aliphatic carboxylic acids is 1. The summed E-state index contributed by atoms with van der Waals surface area (Å²) in [5.41, 5.74) is 0.570. The number of rotatable bonds is 7. The van der Waals surface area contributed by atoms with Gasteiger partial charge in [0.05, 0.1) is 10.2 Å². The summed E-state index contributed by atoms with van der Waals surface area (Å²) in [6, 6.07) is 0.474. The molecule has 2 aliphatic heterocycles. The number of aliphatic imine (C=N–C) groups is 1. The summed E-state index contributed by atoms with van der Waals surface area (Å²) in [6.45, 7) is 0. The lowest BCUT2D eigenvalue weighted by molar-refractivity contribution is -0.202. The number of carboxylic acid groups (broad SMARTS) is 1. The number of benzene rings is 1. The molecule has 33 heavy (non-hydrogen) atoms. The number of carbonyl (C=O) groups excluding carboxylic acids is 1. The highest BCUT2D eigenvalue weighted by molar-refractivity contribution is 8.15. The maximum atomic E-state index is 11.7. The van der Waals surface area contributed by atoms with Crippen LogP contribution in [0.4, 0.5) is 0 Å². The van der Waals surface area contributed by atoms with Gasteiger partial charge >= 0.3 is 11.9 Å². The number of hydrogen-bond acceptors (Lipinski definition) is 14. The Balaban J connectivity index is 1.59. The minimum absolute atomic E-state index is 0.145. The normalized spacial score (nSPS) is 29.3. The molecule has 2 N–H and O–H groups in total. The number of amides is 1. The first kappa shape index (κ1) is 23.0. The van der Waals surface area contributed by atoms with Crippen molar-refractivity contribution in [3.8, 4) is 5.75 Å². The quantitative estimate of drug-likeness (QED) is 0.523. The fraction of sp³-hybridized carbons (Fsp3) is 0.412. The number of hydrogen-bond donors (Lipinski definition) is 2. The Morgan fingerprint density at radius 2 is 1.94 bits per heavy atom. The second kappa shape index (κ2) is 9.34. The van der Waals surface area contributed by atoms with E-state index < -0.39 is 48.5 Å². The summed E-state index contributed by atoms with van der Waals surface area (Å²) in [5, 5.41) is 27.7.